The molecule has 0 aliphatic carbocycles. The standard InChI is InChI=1S/C16H17F2N3O2/c1-10(16(23)21-14-2-4-19-5-3-14)20-15(22)8-11-6-12(17)9-13(18)7-11/h2-4,6-7,9-10,19H,5,8H2,1H3,(H,20,22)(H,21,23)/t10-/m0/s1. The molecule has 0 spiro atoms. The summed E-state index contributed by atoms with van der Waals surface area (Å²) in [5.74, 6) is -2.36. The van der Waals surface area contributed by atoms with E-state index in [0.717, 1.165) is 18.2 Å². The van der Waals surface area contributed by atoms with Gasteiger partial charge in [-0.25, -0.2) is 8.78 Å². The molecule has 0 radical (unpaired) electrons. The summed E-state index contributed by atoms with van der Waals surface area (Å²) in [6.45, 7) is 2.14. The Morgan fingerprint density at radius 1 is 1.26 bits per heavy atom. The number of carbonyl (C=O) groups is 2. The lowest BCUT2D eigenvalue weighted by Gasteiger charge is -2.16. The molecule has 0 unspecified atom stereocenters. The van der Waals surface area contributed by atoms with E-state index in [9.17, 15) is 18.4 Å². The molecule has 2 rings (SSSR count). The summed E-state index contributed by atoms with van der Waals surface area (Å²) < 4.78 is 26.2. The van der Waals surface area contributed by atoms with Crippen LogP contribution in [-0.4, -0.2) is 24.4 Å². The molecule has 0 saturated heterocycles. The third-order valence-electron chi connectivity index (χ3n) is 3.15. The Balaban J connectivity index is 1.87. The van der Waals surface area contributed by atoms with Crippen LogP contribution in [-0.2, 0) is 16.0 Å². The van der Waals surface area contributed by atoms with Gasteiger partial charge in [-0.3, -0.25) is 9.59 Å². The van der Waals surface area contributed by atoms with Gasteiger partial charge in [0.05, 0.1) is 6.42 Å². The molecule has 1 aliphatic rings. The first-order valence-corrected chi connectivity index (χ1v) is 7.09. The van der Waals surface area contributed by atoms with Gasteiger partial charge in [0.1, 0.15) is 17.7 Å². The van der Waals surface area contributed by atoms with Gasteiger partial charge in [-0.15, -0.1) is 0 Å². The van der Waals surface area contributed by atoms with Gasteiger partial charge in [-0.1, -0.05) is 0 Å². The van der Waals surface area contributed by atoms with E-state index in [1.807, 2.05) is 0 Å². The van der Waals surface area contributed by atoms with Crippen LogP contribution < -0.4 is 16.0 Å². The number of amides is 2. The Kier molecular flexibility index (Phi) is 5.46. The van der Waals surface area contributed by atoms with Crippen molar-refractivity contribution < 1.29 is 18.4 Å². The Morgan fingerprint density at radius 2 is 1.96 bits per heavy atom. The minimum absolute atomic E-state index is 0.205. The monoisotopic (exact) mass is 321 g/mol. The summed E-state index contributed by atoms with van der Waals surface area (Å²) in [5, 5.41) is 8.11. The fraction of sp³-hybridized carbons (Fsp3) is 0.250. The maximum atomic E-state index is 13.1. The molecule has 1 atom stereocenters. The molecule has 23 heavy (non-hydrogen) atoms. The number of allylic oxidation sites excluding steroid dienone is 1. The zero-order chi connectivity index (χ0) is 16.8. The predicted octanol–water partition coefficient (Wildman–Crippen LogP) is 1.13. The SMILES string of the molecule is C[C@H](NC(=O)Cc1cc(F)cc(F)c1)C(=O)NC1=CCNC=C1. The van der Waals surface area contributed by atoms with Crippen molar-refractivity contribution >= 4 is 11.8 Å². The van der Waals surface area contributed by atoms with Gasteiger partial charge in [0.15, 0.2) is 0 Å². The highest BCUT2D eigenvalue weighted by Crippen LogP contribution is 2.08. The molecule has 1 aromatic rings. The van der Waals surface area contributed by atoms with E-state index in [-0.39, 0.29) is 17.9 Å². The fourth-order valence-corrected chi connectivity index (χ4v) is 2.05. The fourth-order valence-electron chi connectivity index (χ4n) is 2.05. The first-order valence-electron chi connectivity index (χ1n) is 7.09. The van der Waals surface area contributed by atoms with Crippen LogP contribution in [0.5, 0.6) is 0 Å². The van der Waals surface area contributed by atoms with Crippen LogP contribution in [0.3, 0.4) is 0 Å². The highest BCUT2D eigenvalue weighted by Gasteiger charge is 2.17. The van der Waals surface area contributed by atoms with Crippen molar-refractivity contribution in [3.63, 3.8) is 0 Å². The zero-order valence-electron chi connectivity index (χ0n) is 12.5. The van der Waals surface area contributed by atoms with Crippen molar-refractivity contribution in [2.24, 2.45) is 0 Å². The summed E-state index contributed by atoms with van der Waals surface area (Å²) in [5.41, 5.74) is 0.846. The highest BCUT2D eigenvalue weighted by atomic mass is 19.1. The lowest BCUT2D eigenvalue weighted by molar-refractivity contribution is -0.127. The summed E-state index contributed by atoms with van der Waals surface area (Å²) in [6.07, 6.45) is 4.99. The van der Waals surface area contributed by atoms with E-state index in [4.69, 9.17) is 0 Å². The van der Waals surface area contributed by atoms with Gasteiger partial charge >= 0.3 is 0 Å². The lowest BCUT2D eigenvalue weighted by Crippen LogP contribution is -2.45. The van der Waals surface area contributed by atoms with E-state index in [2.05, 4.69) is 16.0 Å². The number of rotatable bonds is 5. The van der Waals surface area contributed by atoms with Gasteiger partial charge in [0, 0.05) is 18.3 Å². The Hall–Kier alpha value is -2.70. The van der Waals surface area contributed by atoms with E-state index < -0.39 is 23.6 Å². The first kappa shape index (κ1) is 16.7. The Bertz CT molecular complexity index is 651. The second kappa shape index (κ2) is 7.53. The van der Waals surface area contributed by atoms with Crippen LogP contribution in [0.2, 0.25) is 0 Å². The van der Waals surface area contributed by atoms with Gasteiger partial charge in [-0.05, 0) is 43.0 Å². The molecule has 122 valence electrons. The maximum Gasteiger partial charge on any atom is 0.246 e. The lowest BCUT2D eigenvalue weighted by atomic mass is 10.1. The number of halogens is 2. The van der Waals surface area contributed by atoms with Crippen molar-refractivity contribution in [2.75, 3.05) is 6.54 Å². The smallest absolute Gasteiger partial charge is 0.246 e. The van der Waals surface area contributed by atoms with Crippen LogP contribution in [0.25, 0.3) is 0 Å². The molecule has 1 aromatic carbocycles. The van der Waals surface area contributed by atoms with E-state index in [1.54, 1.807) is 18.4 Å². The Labute approximate surface area is 132 Å². The van der Waals surface area contributed by atoms with E-state index in [0.29, 0.717) is 12.2 Å². The molecule has 3 N–H and O–H groups in total. The second-order valence-electron chi connectivity index (χ2n) is 5.13. The highest BCUT2D eigenvalue weighted by molar-refractivity contribution is 5.89. The van der Waals surface area contributed by atoms with Gasteiger partial charge in [0.25, 0.3) is 0 Å². The van der Waals surface area contributed by atoms with Crippen LogP contribution in [0, 0.1) is 11.6 Å². The average Bonchev–Trinajstić information content (AvgIpc) is 2.46. The number of hydrogen-bond donors (Lipinski definition) is 3. The largest absolute Gasteiger partial charge is 0.387 e. The molecule has 1 heterocycles. The normalized spacial score (nSPS) is 14.5. The van der Waals surface area contributed by atoms with E-state index in [1.165, 1.54) is 6.92 Å². The van der Waals surface area contributed by atoms with Crippen LogP contribution in [0.15, 0.2) is 42.2 Å². The van der Waals surface area contributed by atoms with Crippen LogP contribution in [0.4, 0.5) is 8.78 Å². The number of dihydropyridines is 1. The van der Waals surface area contributed by atoms with Crippen LogP contribution in [0.1, 0.15) is 12.5 Å². The van der Waals surface area contributed by atoms with Gasteiger partial charge in [-0.2, -0.15) is 0 Å². The summed E-state index contributed by atoms with van der Waals surface area (Å²) in [6, 6.07) is 2.12. The summed E-state index contributed by atoms with van der Waals surface area (Å²) >= 11 is 0. The van der Waals surface area contributed by atoms with Crippen molar-refractivity contribution in [3.8, 4) is 0 Å². The number of nitrogens with one attached hydrogen (secondary N) is 3. The van der Waals surface area contributed by atoms with Crippen molar-refractivity contribution in [2.45, 2.75) is 19.4 Å². The first-order chi connectivity index (χ1) is 10.9. The number of benzene rings is 1. The van der Waals surface area contributed by atoms with Gasteiger partial charge < -0.3 is 16.0 Å². The van der Waals surface area contributed by atoms with Crippen LogP contribution >= 0.6 is 0 Å². The molecular formula is C16H17F2N3O2. The topological polar surface area (TPSA) is 70.2 Å². The van der Waals surface area contributed by atoms with Crippen molar-refractivity contribution in [3.05, 3.63) is 59.4 Å². The number of hydrogen-bond acceptors (Lipinski definition) is 3. The van der Waals surface area contributed by atoms with E-state index >= 15 is 0 Å². The third kappa shape index (κ3) is 5.21. The number of carbonyl (C=O) groups excluding carboxylic acids is 2. The van der Waals surface area contributed by atoms with Gasteiger partial charge in [0.2, 0.25) is 11.8 Å². The average molecular weight is 321 g/mol. The summed E-state index contributed by atoms with van der Waals surface area (Å²) in [4.78, 5) is 23.8. The molecule has 1 aliphatic heterocycles. The second-order valence-corrected chi connectivity index (χ2v) is 5.13. The Morgan fingerprint density at radius 3 is 2.57 bits per heavy atom. The maximum absolute atomic E-state index is 13.1. The predicted molar refractivity (Wildman–Crippen MR) is 81.0 cm³/mol. The third-order valence-corrected chi connectivity index (χ3v) is 3.15. The van der Waals surface area contributed by atoms with Crippen molar-refractivity contribution in [1.29, 1.82) is 0 Å². The molecule has 0 bridgehead atoms. The minimum atomic E-state index is -0.773. The molecule has 5 nitrogen and oxygen atoms in total. The zero-order valence-corrected chi connectivity index (χ0v) is 12.5. The minimum Gasteiger partial charge on any atom is -0.387 e. The molecule has 0 aromatic heterocycles. The van der Waals surface area contributed by atoms with Crippen molar-refractivity contribution in [1.82, 2.24) is 16.0 Å². The molecular weight excluding hydrogens is 304 g/mol. The quantitative estimate of drug-likeness (QED) is 0.761. The molecule has 7 heteroatoms. The molecule has 2 amide bonds. The molecule has 0 fully saturated rings. The summed E-state index contributed by atoms with van der Waals surface area (Å²) in [7, 11) is 0. The molecule has 0 saturated carbocycles.